The summed E-state index contributed by atoms with van der Waals surface area (Å²) >= 11 is 5.39. The average Bonchev–Trinajstić information content (AvgIpc) is 3.71. The minimum absolute atomic E-state index is 0.0509. The smallest absolute Gasteiger partial charge is 0.326 e. The molecule has 0 aromatic heterocycles. The summed E-state index contributed by atoms with van der Waals surface area (Å²) in [6.45, 7) is 4.54. The second kappa shape index (κ2) is 17.0. The fourth-order valence-corrected chi connectivity index (χ4v) is 5.84. The fourth-order valence-electron chi connectivity index (χ4n) is 5.71. The monoisotopic (exact) mass is 686 g/mol. The summed E-state index contributed by atoms with van der Waals surface area (Å²) in [5.74, 6) is -2.33. The Morgan fingerprint density at radius 1 is 0.673 bits per heavy atom. The van der Waals surface area contributed by atoms with E-state index in [0.717, 1.165) is 22.3 Å². The molecule has 4 atom stereocenters. The highest BCUT2D eigenvalue weighted by Crippen LogP contribution is 2.26. The molecule has 1 amide bonds. The van der Waals surface area contributed by atoms with Crippen LogP contribution in [0.15, 0.2) is 97.1 Å². The molecule has 2 saturated heterocycles. The molecular weight excluding hydrogens is 648 g/mol. The zero-order valence-electron chi connectivity index (χ0n) is 27.1. The fraction of sp³-hybridized carbons (Fsp3) is 0.263. The van der Waals surface area contributed by atoms with Crippen LogP contribution in [0, 0.1) is 13.8 Å². The van der Waals surface area contributed by atoms with E-state index in [0.29, 0.717) is 24.1 Å². The number of amides is 1. The Kier molecular flexibility index (Phi) is 12.8. The molecule has 6 rings (SSSR count). The maximum atomic E-state index is 12.6. The Balaban J connectivity index is 0.000000185. The van der Waals surface area contributed by atoms with Gasteiger partial charge >= 0.3 is 11.9 Å². The zero-order chi connectivity index (χ0) is 35.7. The second-order valence-electron chi connectivity index (χ2n) is 11.9. The summed E-state index contributed by atoms with van der Waals surface area (Å²) in [6, 6.07) is 29.1. The van der Waals surface area contributed by atoms with Gasteiger partial charge in [0, 0.05) is 37.1 Å². The molecule has 0 spiro atoms. The Morgan fingerprint density at radius 2 is 1.16 bits per heavy atom. The van der Waals surface area contributed by atoms with Gasteiger partial charge in [-0.05, 0) is 83.1 Å². The molecule has 0 saturated carbocycles. The van der Waals surface area contributed by atoms with Crippen molar-refractivity contribution in [2.24, 2.45) is 0 Å². The number of carboxylic acids is 2. The molecule has 10 nitrogen and oxygen atoms in total. The number of hydrogen-bond acceptors (Lipinski definition) is 7. The van der Waals surface area contributed by atoms with Gasteiger partial charge in [0.1, 0.15) is 12.1 Å². The molecule has 2 heterocycles. The standard InChI is InChI=1S/C19H19NO4.C14H11ClO.C5H9NO3/c1-12-4-2-3-5-16(12)13-6-8-14(9-7-13)18(22)20-11-15(21)10-17(20)19(23)24;1-10-4-2-3-5-13(10)11-6-8-12(9-7-11)14(15)16;7-3-1-4(5(8)9)6-2-3/h2-9,15,17,21H,10-11H2,1H3,(H,23,24);2-9H,1H3;3-4,6-7H,1-2H2,(H,8,9)/t15-,17+;;3-,4+/m1.1/s1. The normalized spacial score (nSPS) is 19.6. The SMILES string of the molecule is Cc1ccccc1-c1ccc(C(=O)Cl)cc1.Cc1ccccc1-c1ccc(C(=O)N2C[C@H](O)C[C@H]2C(=O)O)cc1.O=C(O)[C@@H]1C[C@@H](O)CN1. The summed E-state index contributed by atoms with van der Waals surface area (Å²) in [6.07, 6.45) is -0.870. The Bertz CT molecular complexity index is 1780. The highest BCUT2D eigenvalue weighted by molar-refractivity contribution is 6.67. The predicted molar refractivity (Wildman–Crippen MR) is 187 cm³/mol. The van der Waals surface area contributed by atoms with Gasteiger partial charge < -0.3 is 30.6 Å². The molecule has 2 aliphatic rings. The van der Waals surface area contributed by atoms with E-state index in [2.05, 4.69) is 24.4 Å². The van der Waals surface area contributed by atoms with E-state index in [-0.39, 0.29) is 18.9 Å². The van der Waals surface area contributed by atoms with Crippen molar-refractivity contribution in [3.05, 3.63) is 119 Å². The molecule has 0 radical (unpaired) electrons. The first kappa shape index (κ1) is 37.0. The molecule has 11 heteroatoms. The molecule has 4 aromatic rings. The van der Waals surface area contributed by atoms with Crippen molar-refractivity contribution in [1.82, 2.24) is 10.2 Å². The summed E-state index contributed by atoms with van der Waals surface area (Å²) in [5, 5.41) is 38.3. The molecule has 256 valence electrons. The minimum atomic E-state index is -1.09. The van der Waals surface area contributed by atoms with Crippen LogP contribution < -0.4 is 5.32 Å². The van der Waals surface area contributed by atoms with Crippen molar-refractivity contribution >= 4 is 34.7 Å². The van der Waals surface area contributed by atoms with E-state index in [1.54, 1.807) is 24.3 Å². The Hall–Kier alpha value is -4.87. The quantitative estimate of drug-likeness (QED) is 0.172. The van der Waals surface area contributed by atoms with Crippen LogP contribution in [-0.4, -0.2) is 85.8 Å². The van der Waals surface area contributed by atoms with Crippen molar-refractivity contribution in [3.63, 3.8) is 0 Å². The molecule has 4 aromatic carbocycles. The van der Waals surface area contributed by atoms with Crippen LogP contribution in [0.3, 0.4) is 0 Å². The molecular formula is C38H39ClN2O8. The number of benzene rings is 4. The number of nitrogens with zero attached hydrogens (tertiary/aromatic N) is 1. The summed E-state index contributed by atoms with van der Waals surface area (Å²) in [5.41, 5.74) is 7.68. The predicted octanol–water partition coefficient (Wildman–Crippen LogP) is 5.16. The van der Waals surface area contributed by atoms with E-state index in [1.165, 1.54) is 16.0 Å². The highest BCUT2D eigenvalue weighted by Gasteiger charge is 2.39. The van der Waals surface area contributed by atoms with Crippen molar-refractivity contribution in [3.8, 4) is 22.3 Å². The van der Waals surface area contributed by atoms with Gasteiger partial charge in [-0.15, -0.1) is 0 Å². The van der Waals surface area contributed by atoms with E-state index < -0.39 is 41.5 Å². The van der Waals surface area contributed by atoms with Crippen molar-refractivity contribution in [2.75, 3.05) is 13.1 Å². The summed E-state index contributed by atoms with van der Waals surface area (Å²) < 4.78 is 0. The third-order valence-electron chi connectivity index (χ3n) is 8.39. The Labute approximate surface area is 289 Å². The van der Waals surface area contributed by atoms with Gasteiger partial charge in [0.25, 0.3) is 11.1 Å². The number of likely N-dealkylation sites (tertiary alicyclic amines) is 1. The molecule has 0 unspecified atom stereocenters. The van der Waals surface area contributed by atoms with Crippen molar-refractivity contribution < 1.29 is 39.6 Å². The van der Waals surface area contributed by atoms with Gasteiger partial charge in [0.05, 0.1) is 12.2 Å². The van der Waals surface area contributed by atoms with Crippen LogP contribution in [0.1, 0.15) is 44.7 Å². The number of rotatable bonds is 6. The van der Waals surface area contributed by atoms with Crippen molar-refractivity contribution in [2.45, 2.75) is 51.0 Å². The molecule has 49 heavy (non-hydrogen) atoms. The van der Waals surface area contributed by atoms with Crippen LogP contribution in [0.5, 0.6) is 0 Å². The largest absolute Gasteiger partial charge is 0.480 e. The lowest BCUT2D eigenvalue weighted by molar-refractivity contribution is -0.141. The zero-order valence-corrected chi connectivity index (χ0v) is 27.9. The van der Waals surface area contributed by atoms with E-state index in [4.69, 9.17) is 21.8 Å². The number of aliphatic carboxylic acids is 2. The molecule has 2 fully saturated rings. The number of hydrogen-bond donors (Lipinski definition) is 5. The van der Waals surface area contributed by atoms with Gasteiger partial charge in [-0.1, -0.05) is 72.8 Å². The summed E-state index contributed by atoms with van der Waals surface area (Å²) in [4.78, 5) is 46.2. The number of nitrogens with one attached hydrogen (secondary N) is 1. The van der Waals surface area contributed by atoms with Gasteiger partial charge in [-0.3, -0.25) is 14.4 Å². The first-order valence-corrected chi connectivity index (χ1v) is 16.1. The number of halogens is 1. The number of β-amino-alcohol motifs (C(OH)–C–C–N with tert-alkyl or cyclic N) is 2. The number of carbonyl (C=O) groups excluding carboxylic acids is 2. The third-order valence-corrected chi connectivity index (χ3v) is 8.60. The molecule has 0 bridgehead atoms. The van der Waals surface area contributed by atoms with Crippen LogP contribution in [-0.2, 0) is 9.59 Å². The average molecular weight is 687 g/mol. The lowest BCUT2D eigenvalue weighted by Crippen LogP contribution is -2.40. The molecule has 2 aliphatic heterocycles. The maximum absolute atomic E-state index is 12.6. The second-order valence-corrected chi connectivity index (χ2v) is 12.3. The molecule has 5 N–H and O–H groups in total. The molecule has 0 aliphatic carbocycles. The van der Waals surface area contributed by atoms with Gasteiger partial charge in [-0.25, -0.2) is 4.79 Å². The van der Waals surface area contributed by atoms with E-state index >= 15 is 0 Å². The van der Waals surface area contributed by atoms with Gasteiger partial charge in [-0.2, -0.15) is 0 Å². The highest BCUT2D eigenvalue weighted by atomic mass is 35.5. The van der Waals surface area contributed by atoms with Crippen molar-refractivity contribution in [1.29, 1.82) is 0 Å². The third kappa shape index (κ3) is 9.84. The lowest BCUT2D eigenvalue weighted by atomic mass is 9.99. The van der Waals surface area contributed by atoms with Crippen LogP contribution in [0.25, 0.3) is 22.3 Å². The van der Waals surface area contributed by atoms with E-state index in [9.17, 15) is 29.4 Å². The van der Waals surface area contributed by atoms with E-state index in [1.807, 2.05) is 67.6 Å². The maximum Gasteiger partial charge on any atom is 0.326 e. The first-order valence-electron chi connectivity index (χ1n) is 15.7. The summed E-state index contributed by atoms with van der Waals surface area (Å²) in [7, 11) is 0. The number of aliphatic hydroxyl groups is 2. The van der Waals surface area contributed by atoms with Crippen LogP contribution in [0.4, 0.5) is 0 Å². The Morgan fingerprint density at radius 3 is 1.55 bits per heavy atom. The topological polar surface area (TPSA) is 164 Å². The number of aryl methyl sites for hydroxylation is 2. The van der Waals surface area contributed by atoms with Crippen LogP contribution >= 0.6 is 11.6 Å². The number of aliphatic hydroxyl groups excluding tert-OH is 2. The van der Waals surface area contributed by atoms with Gasteiger partial charge in [0.15, 0.2) is 0 Å². The minimum Gasteiger partial charge on any atom is -0.480 e. The first-order chi connectivity index (χ1) is 23.3. The number of carbonyl (C=O) groups is 4. The lowest BCUT2D eigenvalue weighted by Gasteiger charge is -2.21. The number of carboxylic acid groups (broad SMARTS) is 2. The van der Waals surface area contributed by atoms with Crippen LogP contribution in [0.2, 0.25) is 0 Å². The van der Waals surface area contributed by atoms with Gasteiger partial charge in [0.2, 0.25) is 0 Å².